The molecule has 1 aromatic carbocycles. The number of hydrogen-bond acceptors (Lipinski definition) is 6. The zero-order valence-electron chi connectivity index (χ0n) is 16.8. The Hall–Kier alpha value is -2.94. The van der Waals surface area contributed by atoms with Crippen LogP contribution in [-0.4, -0.2) is 19.5 Å². The van der Waals surface area contributed by atoms with E-state index in [-0.39, 0.29) is 22.7 Å². The lowest BCUT2D eigenvalue weighted by molar-refractivity contribution is -0.119. The van der Waals surface area contributed by atoms with Crippen LogP contribution < -0.4 is 15.2 Å². The van der Waals surface area contributed by atoms with Gasteiger partial charge in [0, 0.05) is 30.0 Å². The molecule has 0 bridgehead atoms. The number of nitriles is 1. The molecule has 6 nitrogen and oxygen atoms in total. The number of nitrogens with two attached hydrogens (primary N) is 1. The second-order valence-electron chi connectivity index (χ2n) is 7.95. The summed E-state index contributed by atoms with van der Waals surface area (Å²) >= 11 is 0. The van der Waals surface area contributed by atoms with Gasteiger partial charge in [-0.3, -0.25) is 4.79 Å². The van der Waals surface area contributed by atoms with Gasteiger partial charge in [-0.2, -0.15) is 5.26 Å². The van der Waals surface area contributed by atoms with Crippen LogP contribution in [0.2, 0.25) is 0 Å². The van der Waals surface area contributed by atoms with Gasteiger partial charge in [0.2, 0.25) is 5.88 Å². The standard InChI is InChI=1S/C22H26N2O4/c1-5-8-27-17-9-13(26-4)6-7-14(17)19-15(12-23)21(24)28-18-11-22(2,3)10-16(25)20(18)19/h6-7,9,19H,5,8,10-11,24H2,1-4H3. The summed E-state index contributed by atoms with van der Waals surface area (Å²) in [6.45, 7) is 6.57. The van der Waals surface area contributed by atoms with Crippen LogP contribution in [-0.2, 0) is 9.53 Å². The molecule has 1 atom stereocenters. The Bertz CT molecular complexity index is 906. The van der Waals surface area contributed by atoms with E-state index < -0.39 is 5.92 Å². The molecule has 0 aromatic heterocycles. The normalized spacial score (nSPS) is 21.0. The lowest BCUT2D eigenvalue weighted by atomic mass is 9.70. The lowest BCUT2D eigenvalue weighted by Gasteiger charge is -2.37. The quantitative estimate of drug-likeness (QED) is 0.829. The highest BCUT2D eigenvalue weighted by Gasteiger charge is 2.43. The predicted molar refractivity (Wildman–Crippen MR) is 104 cm³/mol. The molecule has 6 heteroatoms. The van der Waals surface area contributed by atoms with Crippen LogP contribution in [0.1, 0.15) is 51.5 Å². The smallest absolute Gasteiger partial charge is 0.205 e. The molecule has 1 aromatic rings. The molecule has 2 N–H and O–H groups in total. The van der Waals surface area contributed by atoms with Crippen molar-refractivity contribution >= 4 is 5.78 Å². The number of carbonyl (C=O) groups is 1. The second-order valence-corrected chi connectivity index (χ2v) is 7.95. The summed E-state index contributed by atoms with van der Waals surface area (Å²) in [6, 6.07) is 7.56. The predicted octanol–water partition coefficient (Wildman–Crippen LogP) is 3.93. The summed E-state index contributed by atoms with van der Waals surface area (Å²) in [5, 5.41) is 9.77. The number of ketones is 1. The Morgan fingerprint density at radius 2 is 2.11 bits per heavy atom. The van der Waals surface area contributed by atoms with Gasteiger partial charge < -0.3 is 19.9 Å². The number of benzene rings is 1. The SMILES string of the molecule is CCCOc1cc(OC)ccc1C1C(C#N)=C(N)OC2=C1C(=O)CC(C)(C)C2. The minimum Gasteiger partial charge on any atom is -0.497 e. The molecule has 2 aliphatic rings. The molecule has 1 aliphatic heterocycles. The Labute approximate surface area is 165 Å². The van der Waals surface area contributed by atoms with Gasteiger partial charge in [-0.1, -0.05) is 26.8 Å². The molecule has 148 valence electrons. The molecule has 1 heterocycles. The molecule has 1 unspecified atom stereocenters. The minimum atomic E-state index is -0.602. The van der Waals surface area contributed by atoms with E-state index in [4.69, 9.17) is 19.9 Å². The summed E-state index contributed by atoms with van der Waals surface area (Å²) in [5.74, 6) is 1.21. The number of hydrogen-bond donors (Lipinski definition) is 1. The highest BCUT2D eigenvalue weighted by Crippen LogP contribution is 2.49. The van der Waals surface area contributed by atoms with E-state index in [0.29, 0.717) is 42.3 Å². The average molecular weight is 382 g/mol. The van der Waals surface area contributed by atoms with Gasteiger partial charge in [0.25, 0.3) is 0 Å². The minimum absolute atomic E-state index is 0.0197. The van der Waals surface area contributed by atoms with Crippen LogP contribution >= 0.6 is 0 Å². The number of methoxy groups -OCH3 is 1. The van der Waals surface area contributed by atoms with Crippen molar-refractivity contribution in [3.8, 4) is 17.6 Å². The van der Waals surface area contributed by atoms with E-state index in [0.717, 1.165) is 12.0 Å². The summed E-state index contributed by atoms with van der Waals surface area (Å²) in [5.41, 5.74) is 7.34. The maximum Gasteiger partial charge on any atom is 0.205 e. The van der Waals surface area contributed by atoms with Gasteiger partial charge in [0.15, 0.2) is 5.78 Å². The van der Waals surface area contributed by atoms with Crippen LogP contribution in [0.15, 0.2) is 41.0 Å². The maximum atomic E-state index is 13.1. The second kappa shape index (κ2) is 7.59. The summed E-state index contributed by atoms with van der Waals surface area (Å²) in [7, 11) is 1.58. The van der Waals surface area contributed by atoms with Crippen LogP contribution in [0, 0.1) is 16.7 Å². The zero-order chi connectivity index (χ0) is 20.5. The molecule has 0 amide bonds. The fourth-order valence-electron chi connectivity index (χ4n) is 3.81. The monoisotopic (exact) mass is 382 g/mol. The van der Waals surface area contributed by atoms with Crippen molar-refractivity contribution in [2.24, 2.45) is 11.1 Å². The number of Topliss-reactive ketones (excluding diaryl/α,β-unsaturated/α-hetero) is 1. The van der Waals surface area contributed by atoms with E-state index in [2.05, 4.69) is 6.07 Å². The van der Waals surface area contributed by atoms with E-state index in [1.807, 2.05) is 26.8 Å². The molecule has 28 heavy (non-hydrogen) atoms. The molecule has 3 rings (SSSR count). The molecule has 0 saturated carbocycles. The highest BCUT2D eigenvalue weighted by atomic mass is 16.5. The molecule has 0 radical (unpaired) electrons. The Kier molecular flexibility index (Phi) is 5.37. The molecule has 0 fully saturated rings. The molecule has 1 aliphatic carbocycles. The summed E-state index contributed by atoms with van der Waals surface area (Å²) < 4.78 is 17.0. The fraction of sp³-hybridized carbons (Fsp3) is 0.455. The van der Waals surface area contributed by atoms with Crippen LogP contribution in [0.4, 0.5) is 0 Å². The van der Waals surface area contributed by atoms with Crippen molar-refractivity contribution in [1.29, 1.82) is 5.26 Å². The zero-order valence-corrected chi connectivity index (χ0v) is 16.8. The number of ether oxygens (including phenoxy) is 3. The number of rotatable bonds is 5. The lowest BCUT2D eigenvalue weighted by Crippen LogP contribution is -2.33. The average Bonchev–Trinajstić information content (AvgIpc) is 2.64. The van der Waals surface area contributed by atoms with Gasteiger partial charge in [-0.25, -0.2) is 0 Å². The molecular formula is C22H26N2O4. The van der Waals surface area contributed by atoms with Gasteiger partial charge >= 0.3 is 0 Å². The van der Waals surface area contributed by atoms with Crippen molar-refractivity contribution in [3.05, 3.63) is 46.6 Å². The molecule has 0 spiro atoms. The van der Waals surface area contributed by atoms with Crippen molar-refractivity contribution < 1.29 is 19.0 Å². The van der Waals surface area contributed by atoms with Crippen LogP contribution in [0.25, 0.3) is 0 Å². The highest BCUT2D eigenvalue weighted by molar-refractivity contribution is 6.00. The topological polar surface area (TPSA) is 94.6 Å². The molecular weight excluding hydrogens is 356 g/mol. The summed E-state index contributed by atoms with van der Waals surface area (Å²) in [6.07, 6.45) is 1.81. The van der Waals surface area contributed by atoms with E-state index in [9.17, 15) is 10.1 Å². The molecule has 0 saturated heterocycles. The van der Waals surface area contributed by atoms with Gasteiger partial charge in [-0.15, -0.1) is 0 Å². The van der Waals surface area contributed by atoms with Crippen molar-refractivity contribution in [2.45, 2.75) is 46.0 Å². The van der Waals surface area contributed by atoms with Crippen molar-refractivity contribution in [1.82, 2.24) is 0 Å². The van der Waals surface area contributed by atoms with Gasteiger partial charge in [0.1, 0.15) is 28.9 Å². The van der Waals surface area contributed by atoms with Gasteiger partial charge in [0.05, 0.1) is 19.6 Å². The third kappa shape index (κ3) is 3.57. The van der Waals surface area contributed by atoms with Crippen LogP contribution in [0.5, 0.6) is 11.5 Å². The largest absolute Gasteiger partial charge is 0.497 e. The number of carbonyl (C=O) groups excluding carboxylic acids is 1. The third-order valence-electron chi connectivity index (χ3n) is 5.07. The van der Waals surface area contributed by atoms with E-state index in [1.54, 1.807) is 19.2 Å². The first-order valence-electron chi connectivity index (χ1n) is 9.46. The first-order valence-corrected chi connectivity index (χ1v) is 9.46. The third-order valence-corrected chi connectivity index (χ3v) is 5.07. The van der Waals surface area contributed by atoms with E-state index >= 15 is 0 Å². The first kappa shape index (κ1) is 19.8. The van der Waals surface area contributed by atoms with Crippen molar-refractivity contribution in [3.63, 3.8) is 0 Å². The Morgan fingerprint density at radius 3 is 2.75 bits per heavy atom. The van der Waals surface area contributed by atoms with E-state index in [1.165, 1.54) is 0 Å². The Balaban J connectivity index is 2.19. The number of nitrogens with zero attached hydrogens (tertiary/aromatic N) is 1. The Morgan fingerprint density at radius 1 is 1.36 bits per heavy atom. The van der Waals surface area contributed by atoms with Crippen molar-refractivity contribution in [2.75, 3.05) is 13.7 Å². The van der Waals surface area contributed by atoms with Crippen LogP contribution in [0.3, 0.4) is 0 Å². The van der Waals surface area contributed by atoms with Gasteiger partial charge in [-0.05, 0) is 17.9 Å². The maximum absolute atomic E-state index is 13.1. The number of allylic oxidation sites excluding steroid dienone is 3. The fourth-order valence-corrected chi connectivity index (χ4v) is 3.81. The first-order chi connectivity index (χ1) is 13.3. The summed E-state index contributed by atoms with van der Waals surface area (Å²) in [4.78, 5) is 13.1.